The van der Waals surface area contributed by atoms with E-state index in [0.717, 1.165) is 5.57 Å². The fourth-order valence-corrected chi connectivity index (χ4v) is 4.45. The molecule has 6 heteroatoms. The second kappa shape index (κ2) is 5.26. The highest BCUT2D eigenvalue weighted by molar-refractivity contribution is 6.03. The van der Waals surface area contributed by atoms with Crippen LogP contribution in [0.4, 0.5) is 10.1 Å². The topological polar surface area (TPSA) is 66.8 Å². The van der Waals surface area contributed by atoms with Crippen LogP contribution < -0.4 is 4.90 Å². The molecule has 25 heavy (non-hydrogen) atoms. The molecule has 4 rings (SSSR count). The van der Waals surface area contributed by atoms with E-state index in [4.69, 9.17) is 4.74 Å². The number of aliphatic carboxylic acids is 1. The Morgan fingerprint density at radius 1 is 1.44 bits per heavy atom. The molecule has 1 spiro atoms. The first-order valence-electron chi connectivity index (χ1n) is 8.19. The van der Waals surface area contributed by atoms with Crippen LogP contribution in [0.5, 0.6) is 0 Å². The maximum Gasteiger partial charge on any atom is 0.310 e. The van der Waals surface area contributed by atoms with Gasteiger partial charge in [0.25, 0.3) is 0 Å². The van der Waals surface area contributed by atoms with E-state index < -0.39 is 47.3 Å². The highest BCUT2D eigenvalue weighted by Gasteiger charge is 2.71. The number of rotatable bonds is 4. The second-order valence-electron chi connectivity index (χ2n) is 6.97. The van der Waals surface area contributed by atoms with Crippen molar-refractivity contribution in [2.75, 3.05) is 4.90 Å². The van der Waals surface area contributed by atoms with E-state index in [1.807, 2.05) is 6.92 Å². The predicted molar refractivity (Wildman–Crippen MR) is 88.5 cm³/mol. The molecule has 3 aliphatic heterocycles. The van der Waals surface area contributed by atoms with Crippen molar-refractivity contribution >= 4 is 17.6 Å². The smallest absolute Gasteiger partial charge is 0.310 e. The number of anilines is 1. The first kappa shape index (κ1) is 16.0. The van der Waals surface area contributed by atoms with Crippen LogP contribution in [-0.2, 0) is 14.3 Å². The fourth-order valence-electron chi connectivity index (χ4n) is 4.45. The van der Waals surface area contributed by atoms with Gasteiger partial charge in [0.15, 0.2) is 0 Å². The quantitative estimate of drug-likeness (QED) is 0.853. The monoisotopic (exact) mass is 343 g/mol. The summed E-state index contributed by atoms with van der Waals surface area (Å²) in [7, 11) is 0. The average molecular weight is 343 g/mol. The van der Waals surface area contributed by atoms with Gasteiger partial charge in [-0.1, -0.05) is 29.9 Å². The Hall–Kier alpha value is -2.47. The number of para-hydroxylation sites is 1. The molecule has 1 N–H and O–H groups in total. The van der Waals surface area contributed by atoms with Gasteiger partial charge in [0.2, 0.25) is 5.91 Å². The Balaban J connectivity index is 1.87. The summed E-state index contributed by atoms with van der Waals surface area (Å²) in [6.45, 7) is 5.74. The van der Waals surface area contributed by atoms with Crippen molar-refractivity contribution in [2.45, 2.75) is 31.1 Å². The van der Waals surface area contributed by atoms with E-state index in [1.54, 1.807) is 24.3 Å². The number of carboxylic acid groups (broad SMARTS) is 1. The molecule has 5 nitrogen and oxygen atoms in total. The Morgan fingerprint density at radius 3 is 2.80 bits per heavy atom. The zero-order chi connectivity index (χ0) is 17.9. The number of amides is 1. The molecule has 130 valence electrons. The third-order valence-electron chi connectivity index (χ3n) is 5.36. The molecule has 3 unspecified atom stereocenters. The normalized spacial score (nSPS) is 35.3. The molecule has 1 aromatic rings. The van der Waals surface area contributed by atoms with Gasteiger partial charge < -0.3 is 14.7 Å². The van der Waals surface area contributed by atoms with Crippen LogP contribution in [0.3, 0.4) is 0 Å². The summed E-state index contributed by atoms with van der Waals surface area (Å²) < 4.78 is 20.4. The molecule has 0 saturated carbocycles. The highest BCUT2D eigenvalue weighted by atomic mass is 19.1. The van der Waals surface area contributed by atoms with Gasteiger partial charge in [0.05, 0.1) is 23.8 Å². The van der Waals surface area contributed by atoms with Crippen molar-refractivity contribution in [1.82, 2.24) is 0 Å². The van der Waals surface area contributed by atoms with Gasteiger partial charge in [0, 0.05) is 0 Å². The molecule has 1 amide bonds. The van der Waals surface area contributed by atoms with Crippen molar-refractivity contribution < 1.29 is 23.8 Å². The lowest BCUT2D eigenvalue weighted by Gasteiger charge is -2.33. The van der Waals surface area contributed by atoms with Crippen LogP contribution in [0.15, 0.2) is 48.6 Å². The van der Waals surface area contributed by atoms with E-state index in [9.17, 15) is 19.1 Å². The van der Waals surface area contributed by atoms with Crippen LogP contribution >= 0.6 is 0 Å². The van der Waals surface area contributed by atoms with E-state index >= 15 is 0 Å². The summed E-state index contributed by atoms with van der Waals surface area (Å²) in [5.41, 5.74) is -0.0908. The number of hydrogen-bond acceptors (Lipinski definition) is 3. The van der Waals surface area contributed by atoms with Gasteiger partial charge in [-0.3, -0.25) is 9.59 Å². The molecule has 1 aromatic carbocycles. The van der Waals surface area contributed by atoms with Gasteiger partial charge in [-0.2, -0.15) is 0 Å². The maximum atomic E-state index is 14.4. The summed E-state index contributed by atoms with van der Waals surface area (Å²) >= 11 is 0. The minimum absolute atomic E-state index is 0.145. The van der Waals surface area contributed by atoms with E-state index in [-0.39, 0.29) is 5.69 Å². The van der Waals surface area contributed by atoms with Crippen LogP contribution in [0.25, 0.3) is 0 Å². The van der Waals surface area contributed by atoms with Crippen molar-refractivity contribution in [3.8, 4) is 0 Å². The number of carboxylic acids is 1. The predicted octanol–water partition coefficient (Wildman–Crippen LogP) is 2.53. The minimum Gasteiger partial charge on any atom is -0.481 e. The molecule has 5 atom stereocenters. The molecule has 2 bridgehead atoms. The molecule has 3 heterocycles. The van der Waals surface area contributed by atoms with Crippen molar-refractivity contribution in [2.24, 2.45) is 11.8 Å². The summed E-state index contributed by atoms with van der Waals surface area (Å²) in [6.07, 6.45) is 3.27. The van der Waals surface area contributed by atoms with Crippen LogP contribution in [0.1, 0.15) is 13.3 Å². The molecular weight excluding hydrogens is 325 g/mol. The molecule has 3 aliphatic rings. The number of hydrogen-bond donors (Lipinski definition) is 1. The first-order valence-corrected chi connectivity index (χ1v) is 8.19. The summed E-state index contributed by atoms with van der Waals surface area (Å²) in [5.74, 6) is -3.81. The highest BCUT2D eigenvalue weighted by Crippen LogP contribution is 2.56. The number of carbonyl (C=O) groups is 2. The first-order chi connectivity index (χ1) is 11.9. The summed E-state index contributed by atoms with van der Waals surface area (Å²) in [5, 5.41) is 9.60. The third kappa shape index (κ3) is 2.03. The lowest BCUT2D eigenvalue weighted by Crippen LogP contribution is -2.45. The summed E-state index contributed by atoms with van der Waals surface area (Å²) in [4.78, 5) is 26.3. The van der Waals surface area contributed by atoms with E-state index in [2.05, 4.69) is 6.58 Å². The maximum absolute atomic E-state index is 14.4. The molecule has 2 fully saturated rings. The van der Waals surface area contributed by atoms with Crippen LogP contribution in [0.2, 0.25) is 0 Å². The lowest BCUT2D eigenvalue weighted by molar-refractivity contribution is -0.146. The molecular formula is C19H18FNO4. The zero-order valence-electron chi connectivity index (χ0n) is 13.7. The number of halogens is 1. The second-order valence-corrected chi connectivity index (χ2v) is 6.97. The summed E-state index contributed by atoms with van der Waals surface area (Å²) in [6, 6.07) is 5.49. The Kier molecular flexibility index (Phi) is 3.37. The van der Waals surface area contributed by atoms with Crippen molar-refractivity contribution in [3.63, 3.8) is 0 Å². The molecule has 0 radical (unpaired) electrons. The molecule has 0 aliphatic carbocycles. The Morgan fingerprint density at radius 2 is 2.16 bits per heavy atom. The number of benzene rings is 1. The van der Waals surface area contributed by atoms with Crippen LogP contribution in [-0.4, -0.2) is 34.7 Å². The van der Waals surface area contributed by atoms with Gasteiger partial charge in [-0.15, -0.1) is 6.58 Å². The van der Waals surface area contributed by atoms with Gasteiger partial charge in [-0.25, -0.2) is 4.39 Å². The Labute approximate surface area is 144 Å². The van der Waals surface area contributed by atoms with Gasteiger partial charge in [0.1, 0.15) is 17.3 Å². The standard InChI is InChI=1S/C19H18FNO4/c1-10(2)9-14-19-8-7-13(25-19)15(18(23)24)16(19)17(22)21(14)12-6-4-3-5-11(12)20/h3-8,13-16H,1,9H2,2H3,(H,23,24)/t13-,14?,15?,16?,19-/m1/s1. The minimum atomic E-state index is -1.07. The number of carbonyl (C=O) groups excluding carboxylic acids is 1. The van der Waals surface area contributed by atoms with Crippen molar-refractivity contribution in [1.29, 1.82) is 0 Å². The van der Waals surface area contributed by atoms with Gasteiger partial charge >= 0.3 is 5.97 Å². The Bertz CT molecular complexity index is 819. The number of ether oxygens (including phenoxy) is 1. The lowest BCUT2D eigenvalue weighted by atomic mass is 9.74. The molecule has 2 saturated heterocycles. The fraction of sp³-hybridized carbons (Fsp3) is 0.368. The van der Waals surface area contributed by atoms with Crippen molar-refractivity contribution in [3.05, 3.63) is 54.4 Å². The largest absolute Gasteiger partial charge is 0.481 e. The number of fused-ring (bicyclic) bond motifs is 1. The zero-order valence-corrected chi connectivity index (χ0v) is 13.7. The average Bonchev–Trinajstić information content (AvgIpc) is 3.18. The third-order valence-corrected chi connectivity index (χ3v) is 5.36. The molecule has 0 aromatic heterocycles. The number of nitrogens with zero attached hydrogens (tertiary/aromatic N) is 1. The van der Waals surface area contributed by atoms with E-state index in [0.29, 0.717) is 6.42 Å². The van der Waals surface area contributed by atoms with Gasteiger partial charge in [-0.05, 0) is 25.5 Å². The SMILES string of the molecule is C=C(C)CC1N(c2ccccc2F)C(=O)C2C(C(=O)O)[C@H]3C=C[C@]21O3. The van der Waals surface area contributed by atoms with E-state index in [1.165, 1.54) is 17.0 Å². The van der Waals surface area contributed by atoms with Crippen LogP contribution in [0, 0.1) is 17.7 Å².